The maximum absolute atomic E-state index is 12.9. The highest BCUT2D eigenvalue weighted by atomic mass is 28.4. The highest BCUT2D eigenvalue weighted by molar-refractivity contribution is 6.99. The molecule has 41 heavy (non-hydrogen) atoms. The molecule has 0 aliphatic carbocycles. The Bertz CT molecular complexity index is 1320. The summed E-state index contributed by atoms with van der Waals surface area (Å²) in [6.45, 7) is 6.68. The molecule has 214 valence electrons. The van der Waals surface area contributed by atoms with Crippen LogP contribution in [0.4, 0.5) is 4.79 Å². The van der Waals surface area contributed by atoms with Gasteiger partial charge in [0.05, 0.1) is 19.8 Å². The summed E-state index contributed by atoms with van der Waals surface area (Å²) < 4.78 is 17.8. The van der Waals surface area contributed by atoms with Gasteiger partial charge in [-0.25, -0.2) is 4.79 Å². The number of aliphatic hydroxyl groups is 1. The Morgan fingerprint density at radius 2 is 1.32 bits per heavy atom. The highest BCUT2D eigenvalue weighted by Gasteiger charge is 2.50. The van der Waals surface area contributed by atoms with Gasteiger partial charge in [0.1, 0.15) is 18.5 Å². The molecular formula is C34H39NO5Si. The van der Waals surface area contributed by atoms with Crippen LogP contribution in [0.5, 0.6) is 5.75 Å². The van der Waals surface area contributed by atoms with Gasteiger partial charge in [-0.15, -0.1) is 0 Å². The number of nitrogens with one attached hydrogen (secondary N) is 1. The molecule has 6 nitrogen and oxygen atoms in total. The number of benzene rings is 4. The predicted octanol–water partition coefficient (Wildman–Crippen LogP) is 5.60. The number of methoxy groups -OCH3 is 1. The lowest BCUT2D eigenvalue weighted by Crippen LogP contribution is -2.67. The van der Waals surface area contributed by atoms with Crippen LogP contribution in [-0.2, 0) is 15.8 Å². The van der Waals surface area contributed by atoms with Gasteiger partial charge in [-0.3, -0.25) is 0 Å². The summed E-state index contributed by atoms with van der Waals surface area (Å²) in [5.41, 5.74) is 1.58. The Labute approximate surface area is 244 Å². The SMILES string of the molecule is COc1ccc([C@@H](NC(=O)OCc2ccccc2)[C@@H](O)CO[Si](c2ccccc2)(c2ccccc2)C(C)(C)C)cc1. The van der Waals surface area contributed by atoms with Crippen molar-refractivity contribution in [3.63, 3.8) is 0 Å². The third kappa shape index (κ3) is 7.24. The van der Waals surface area contributed by atoms with Crippen LogP contribution in [0.15, 0.2) is 115 Å². The van der Waals surface area contributed by atoms with Crippen molar-refractivity contribution in [2.75, 3.05) is 13.7 Å². The molecule has 2 N–H and O–H groups in total. The standard InChI is InChI=1S/C34H39NO5Si/c1-34(2,3)41(29-16-10-6-11-17-29,30-18-12-7-13-19-30)40-25-31(36)32(27-20-22-28(38-4)23-21-27)35-33(37)39-24-26-14-8-5-9-15-26/h5-23,31-32,36H,24-25H2,1-4H3,(H,35,37)/t31-,32+/m0/s1. The molecule has 0 saturated carbocycles. The third-order valence-corrected chi connectivity index (χ3v) is 12.2. The van der Waals surface area contributed by atoms with E-state index in [9.17, 15) is 9.90 Å². The molecule has 0 aliphatic rings. The van der Waals surface area contributed by atoms with Crippen molar-refractivity contribution in [3.8, 4) is 5.75 Å². The van der Waals surface area contributed by atoms with Crippen molar-refractivity contribution >= 4 is 24.8 Å². The first kappa shape index (κ1) is 30.1. The molecule has 0 radical (unpaired) electrons. The largest absolute Gasteiger partial charge is 0.497 e. The van der Waals surface area contributed by atoms with Crippen LogP contribution in [0, 0.1) is 0 Å². The van der Waals surface area contributed by atoms with E-state index >= 15 is 0 Å². The molecule has 0 aliphatic heterocycles. The number of amides is 1. The van der Waals surface area contributed by atoms with Gasteiger partial charge in [0, 0.05) is 0 Å². The summed E-state index contributed by atoms with van der Waals surface area (Å²) in [5.74, 6) is 0.678. The summed E-state index contributed by atoms with van der Waals surface area (Å²) in [6, 6.07) is 36.5. The van der Waals surface area contributed by atoms with Crippen LogP contribution in [0.1, 0.15) is 37.9 Å². The fourth-order valence-electron chi connectivity index (χ4n) is 5.17. The second kappa shape index (κ2) is 13.6. The molecule has 0 aromatic heterocycles. The van der Waals surface area contributed by atoms with Gasteiger partial charge in [-0.05, 0) is 38.7 Å². The van der Waals surface area contributed by atoms with Crippen LogP contribution in [-0.4, -0.2) is 39.3 Å². The molecule has 0 bridgehead atoms. The lowest BCUT2D eigenvalue weighted by molar-refractivity contribution is 0.0623. The van der Waals surface area contributed by atoms with E-state index in [0.717, 1.165) is 15.9 Å². The molecular weight excluding hydrogens is 530 g/mol. The van der Waals surface area contributed by atoms with Gasteiger partial charge in [0.15, 0.2) is 0 Å². The topological polar surface area (TPSA) is 77.0 Å². The summed E-state index contributed by atoms with van der Waals surface area (Å²) >= 11 is 0. The molecule has 0 saturated heterocycles. The number of alkyl carbamates (subject to hydrolysis) is 1. The molecule has 0 fully saturated rings. The minimum absolute atomic E-state index is 0.00292. The maximum Gasteiger partial charge on any atom is 0.408 e. The van der Waals surface area contributed by atoms with Crippen LogP contribution < -0.4 is 20.4 Å². The summed E-state index contributed by atoms with van der Waals surface area (Å²) in [4.78, 5) is 12.9. The van der Waals surface area contributed by atoms with Crippen LogP contribution in [0.3, 0.4) is 0 Å². The Morgan fingerprint density at radius 1 is 0.805 bits per heavy atom. The van der Waals surface area contributed by atoms with E-state index in [2.05, 4.69) is 50.4 Å². The number of aliphatic hydroxyl groups excluding tert-OH is 1. The minimum Gasteiger partial charge on any atom is -0.497 e. The monoisotopic (exact) mass is 569 g/mol. The zero-order chi connectivity index (χ0) is 29.3. The molecule has 2 atom stereocenters. The second-order valence-corrected chi connectivity index (χ2v) is 15.3. The van der Waals surface area contributed by atoms with E-state index in [1.54, 1.807) is 19.2 Å². The summed E-state index contributed by atoms with van der Waals surface area (Å²) in [7, 11) is -1.30. The first-order chi connectivity index (χ1) is 19.7. The van der Waals surface area contributed by atoms with E-state index in [-0.39, 0.29) is 18.3 Å². The summed E-state index contributed by atoms with van der Waals surface area (Å²) in [6.07, 6.45) is -1.69. The van der Waals surface area contributed by atoms with E-state index in [1.807, 2.05) is 78.9 Å². The molecule has 0 heterocycles. The van der Waals surface area contributed by atoms with Crippen molar-refractivity contribution in [2.24, 2.45) is 0 Å². The average molecular weight is 570 g/mol. The predicted molar refractivity (Wildman–Crippen MR) is 165 cm³/mol. The molecule has 0 unspecified atom stereocenters. The number of hydrogen-bond donors (Lipinski definition) is 2. The Hall–Kier alpha value is -3.91. The van der Waals surface area contributed by atoms with Crippen molar-refractivity contribution in [1.82, 2.24) is 5.32 Å². The fraction of sp³-hybridized carbons (Fsp3) is 0.265. The van der Waals surface area contributed by atoms with Crippen molar-refractivity contribution in [3.05, 3.63) is 126 Å². The van der Waals surface area contributed by atoms with Crippen molar-refractivity contribution in [2.45, 2.75) is 44.6 Å². The molecule has 0 spiro atoms. The number of rotatable bonds is 11. The number of carbonyl (C=O) groups is 1. The molecule has 4 aromatic carbocycles. The Balaban J connectivity index is 1.62. The third-order valence-electron chi connectivity index (χ3n) is 7.23. The van der Waals surface area contributed by atoms with E-state index in [0.29, 0.717) is 11.3 Å². The lowest BCUT2D eigenvalue weighted by atomic mass is 10.0. The molecule has 4 rings (SSSR count). The second-order valence-electron chi connectivity index (χ2n) is 11.0. The van der Waals surface area contributed by atoms with Gasteiger partial charge in [0.2, 0.25) is 0 Å². The highest BCUT2D eigenvalue weighted by Crippen LogP contribution is 2.37. The normalized spacial score (nSPS) is 13.2. The first-order valence-corrected chi connectivity index (χ1v) is 15.7. The zero-order valence-corrected chi connectivity index (χ0v) is 25.1. The van der Waals surface area contributed by atoms with E-state index in [1.165, 1.54) is 0 Å². The molecule has 1 amide bonds. The first-order valence-electron chi connectivity index (χ1n) is 13.8. The fourth-order valence-corrected chi connectivity index (χ4v) is 9.75. The minimum atomic E-state index is -2.90. The smallest absolute Gasteiger partial charge is 0.408 e. The van der Waals surface area contributed by atoms with Gasteiger partial charge in [-0.2, -0.15) is 0 Å². The van der Waals surface area contributed by atoms with Crippen molar-refractivity contribution < 1.29 is 23.8 Å². The van der Waals surface area contributed by atoms with Crippen LogP contribution in [0.2, 0.25) is 5.04 Å². The van der Waals surface area contributed by atoms with Crippen LogP contribution in [0.25, 0.3) is 0 Å². The summed E-state index contributed by atoms with van der Waals surface area (Å²) in [5, 5.41) is 16.5. The van der Waals surface area contributed by atoms with Crippen LogP contribution >= 0.6 is 0 Å². The zero-order valence-electron chi connectivity index (χ0n) is 24.1. The lowest BCUT2D eigenvalue weighted by Gasteiger charge is -2.43. The number of ether oxygens (including phenoxy) is 2. The van der Waals surface area contributed by atoms with E-state index < -0.39 is 26.6 Å². The Morgan fingerprint density at radius 3 is 1.80 bits per heavy atom. The number of hydrogen-bond acceptors (Lipinski definition) is 5. The Kier molecular flexibility index (Phi) is 9.99. The van der Waals surface area contributed by atoms with Gasteiger partial charge < -0.3 is 24.3 Å². The number of carbonyl (C=O) groups excluding carboxylic acids is 1. The van der Waals surface area contributed by atoms with Gasteiger partial charge in [-0.1, -0.05) is 124 Å². The molecule has 7 heteroatoms. The quantitative estimate of drug-likeness (QED) is 0.230. The maximum atomic E-state index is 12.9. The molecule has 4 aromatic rings. The van der Waals surface area contributed by atoms with Gasteiger partial charge >= 0.3 is 6.09 Å². The van der Waals surface area contributed by atoms with Crippen molar-refractivity contribution in [1.29, 1.82) is 0 Å². The van der Waals surface area contributed by atoms with Gasteiger partial charge in [0.25, 0.3) is 8.32 Å². The van der Waals surface area contributed by atoms with E-state index in [4.69, 9.17) is 13.9 Å². The average Bonchev–Trinajstić information content (AvgIpc) is 3.00.